The number of benzene rings is 1. The molecule has 0 aliphatic heterocycles. The molecule has 1 heterocycles. The highest BCUT2D eigenvalue weighted by Gasteiger charge is 2.13. The van der Waals surface area contributed by atoms with E-state index in [1.807, 2.05) is 48.3 Å². The lowest BCUT2D eigenvalue weighted by Crippen LogP contribution is -2.23. The van der Waals surface area contributed by atoms with E-state index in [0.717, 1.165) is 17.0 Å². The number of hydrogen-bond acceptors (Lipinski definition) is 5. The molecule has 0 unspecified atom stereocenters. The summed E-state index contributed by atoms with van der Waals surface area (Å²) in [6.07, 6.45) is 1.61. The van der Waals surface area contributed by atoms with Gasteiger partial charge in [0.15, 0.2) is 5.84 Å². The molecule has 0 bridgehead atoms. The number of hydrogen-bond donors (Lipinski definition) is 2. The zero-order valence-corrected chi connectivity index (χ0v) is 12.0. The van der Waals surface area contributed by atoms with E-state index in [9.17, 15) is 0 Å². The van der Waals surface area contributed by atoms with Gasteiger partial charge in [0, 0.05) is 25.4 Å². The van der Waals surface area contributed by atoms with E-state index in [1.54, 1.807) is 13.3 Å². The van der Waals surface area contributed by atoms with Crippen LogP contribution in [0.3, 0.4) is 0 Å². The number of aromatic nitrogens is 1. The van der Waals surface area contributed by atoms with Gasteiger partial charge in [-0.15, -0.1) is 0 Å². The van der Waals surface area contributed by atoms with E-state index >= 15 is 0 Å². The number of pyridine rings is 1. The smallest absolute Gasteiger partial charge is 0.189 e. The van der Waals surface area contributed by atoms with Gasteiger partial charge in [0.05, 0.1) is 12.8 Å². The van der Waals surface area contributed by atoms with E-state index < -0.39 is 0 Å². The van der Waals surface area contributed by atoms with Crippen LogP contribution in [0.1, 0.15) is 11.3 Å². The topological polar surface area (TPSA) is 84.0 Å². The monoisotopic (exact) mass is 286 g/mol. The van der Waals surface area contributed by atoms with Crippen LogP contribution >= 0.6 is 0 Å². The van der Waals surface area contributed by atoms with Crippen molar-refractivity contribution < 1.29 is 9.94 Å². The van der Waals surface area contributed by atoms with Crippen LogP contribution in [0, 0.1) is 0 Å². The molecule has 0 fully saturated rings. The van der Waals surface area contributed by atoms with Gasteiger partial charge < -0.3 is 20.6 Å². The third-order valence-corrected chi connectivity index (χ3v) is 3.15. The van der Waals surface area contributed by atoms with Crippen LogP contribution in [0.15, 0.2) is 47.8 Å². The highest BCUT2D eigenvalue weighted by Crippen LogP contribution is 2.27. The number of anilines is 1. The molecule has 6 heteroatoms. The van der Waals surface area contributed by atoms with E-state index in [-0.39, 0.29) is 5.84 Å². The molecule has 110 valence electrons. The summed E-state index contributed by atoms with van der Waals surface area (Å²) >= 11 is 0. The number of nitrogens with zero attached hydrogens (tertiary/aromatic N) is 3. The molecule has 0 aliphatic carbocycles. The lowest BCUT2D eigenvalue weighted by molar-refractivity contribution is 0.318. The van der Waals surface area contributed by atoms with Crippen molar-refractivity contribution in [3.8, 4) is 5.75 Å². The van der Waals surface area contributed by atoms with Gasteiger partial charge in [-0.2, -0.15) is 0 Å². The molecule has 3 N–H and O–H groups in total. The van der Waals surface area contributed by atoms with Gasteiger partial charge in [0.1, 0.15) is 11.4 Å². The minimum atomic E-state index is -0.000901. The van der Waals surface area contributed by atoms with Crippen LogP contribution in [-0.2, 0) is 6.54 Å². The summed E-state index contributed by atoms with van der Waals surface area (Å²) in [5.74, 6) is 0.785. The highest BCUT2D eigenvalue weighted by atomic mass is 16.5. The second-order valence-corrected chi connectivity index (χ2v) is 4.52. The third kappa shape index (κ3) is 3.22. The van der Waals surface area contributed by atoms with Gasteiger partial charge in [-0.05, 0) is 18.2 Å². The highest BCUT2D eigenvalue weighted by molar-refractivity contribution is 5.96. The molecular weight excluding hydrogens is 268 g/mol. The fourth-order valence-corrected chi connectivity index (χ4v) is 2.13. The Kier molecular flexibility index (Phi) is 4.61. The predicted molar refractivity (Wildman–Crippen MR) is 81.8 cm³/mol. The number of oxime groups is 1. The molecular formula is C15H18N4O2. The van der Waals surface area contributed by atoms with Crippen LogP contribution in [0.2, 0.25) is 0 Å². The van der Waals surface area contributed by atoms with Gasteiger partial charge in [-0.3, -0.25) is 4.98 Å². The normalized spacial score (nSPS) is 11.2. The summed E-state index contributed by atoms with van der Waals surface area (Å²) in [4.78, 5) is 6.18. The average Bonchev–Trinajstić information content (AvgIpc) is 2.54. The molecule has 0 spiro atoms. The third-order valence-electron chi connectivity index (χ3n) is 3.15. The fraction of sp³-hybridized carbons (Fsp3) is 0.200. The average molecular weight is 286 g/mol. The minimum absolute atomic E-state index is 0.000901. The van der Waals surface area contributed by atoms with Crippen molar-refractivity contribution in [2.75, 3.05) is 19.1 Å². The van der Waals surface area contributed by atoms with Crippen LogP contribution in [0.4, 0.5) is 5.69 Å². The van der Waals surface area contributed by atoms with Crippen molar-refractivity contribution in [1.29, 1.82) is 0 Å². The Morgan fingerprint density at radius 1 is 1.33 bits per heavy atom. The first kappa shape index (κ1) is 14.6. The van der Waals surface area contributed by atoms with Crippen LogP contribution in [0.5, 0.6) is 5.75 Å². The van der Waals surface area contributed by atoms with Gasteiger partial charge in [0.25, 0.3) is 0 Å². The number of amidine groups is 1. The van der Waals surface area contributed by atoms with Gasteiger partial charge >= 0.3 is 0 Å². The van der Waals surface area contributed by atoms with Crippen LogP contribution < -0.4 is 15.4 Å². The summed E-state index contributed by atoms with van der Waals surface area (Å²) in [6.45, 7) is 0.555. The fourth-order valence-electron chi connectivity index (χ4n) is 2.13. The molecule has 1 aromatic carbocycles. The number of ether oxygens (including phenoxy) is 1. The molecule has 0 saturated carbocycles. The van der Waals surface area contributed by atoms with Crippen molar-refractivity contribution in [3.63, 3.8) is 0 Å². The van der Waals surface area contributed by atoms with E-state index in [2.05, 4.69) is 10.1 Å². The summed E-state index contributed by atoms with van der Waals surface area (Å²) in [7, 11) is 3.58. The maximum atomic E-state index is 8.84. The number of methoxy groups -OCH3 is 1. The maximum absolute atomic E-state index is 8.84. The first-order valence-electron chi connectivity index (χ1n) is 6.43. The number of rotatable bonds is 5. The molecule has 2 rings (SSSR count). The Balaban J connectivity index is 2.30. The van der Waals surface area contributed by atoms with Crippen molar-refractivity contribution in [3.05, 3.63) is 53.9 Å². The lowest BCUT2D eigenvalue weighted by Gasteiger charge is -2.22. The Bertz CT molecular complexity index is 643. The van der Waals surface area contributed by atoms with Gasteiger partial charge in [-0.25, -0.2) is 0 Å². The van der Waals surface area contributed by atoms with E-state index in [0.29, 0.717) is 12.2 Å². The summed E-state index contributed by atoms with van der Waals surface area (Å²) < 4.78 is 5.36. The quantitative estimate of drug-likeness (QED) is 0.379. The number of para-hydroxylation sites is 2. The Labute approximate surface area is 123 Å². The molecule has 0 amide bonds. The minimum Gasteiger partial charge on any atom is -0.495 e. The molecule has 0 radical (unpaired) electrons. The predicted octanol–water partition coefficient (Wildman–Crippen LogP) is 1.82. The zero-order valence-electron chi connectivity index (χ0n) is 12.0. The molecule has 2 aromatic rings. The second kappa shape index (κ2) is 6.60. The summed E-state index contributed by atoms with van der Waals surface area (Å²) in [5, 5.41) is 11.9. The number of nitrogens with two attached hydrogens (primary N) is 1. The first-order valence-corrected chi connectivity index (χ1v) is 6.43. The molecule has 0 atom stereocenters. The lowest BCUT2D eigenvalue weighted by atomic mass is 10.1. The molecule has 21 heavy (non-hydrogen) atoms. The molecule has 0 aliphatic rings. The van der Waals surface area contributed by atoms with Gasteiger partial charge in [0.2, 0.25) is 0 Å². The van der Waals surface area contributed by atoms with Crippen molar-refractivity contribution in [1.82, 2.24) is 4.98 Å². The van der Waals surface area contributed by atoms with Crippen molar-refractivity contribution >= 4 is 11.5 Å². The van der Waals surface area contributed by atoms with E-state index in [4.69, 9.17) is 15.7 Å². The largest absolute Gasteiger partial charge is 0.495 e. The van der Waals surface area contributed by atoms with Crippen LogP contribution in [0.25, 0.3) is 0 Å². The van der Waals surface area contributed by atoms with Crippen molar-refractivity contribution in [2.45, 2.75) is 6.54 Å². The van der Waals surface area contributed by atoms with Crippen LogP contribution in [-0.4, -0.2) is 30.2 Å². The first-order chi connectivity index (χ1) is 10.2. The van der Waals surface area contributed by atoms with Gasteiger partial charge in [-0.1, -0.05) is 23.4 Å². The molecule has 6 nitrogen and oxygen atoms in total. The summed E-state index contributed by atoms with van der Waals surface area (Å²) in [5.41, 5.74) is 7.95. The SMILES string of the molecule is COc1ccccc1N(C)Cc1cccnc1C(N)=NO. The standard InChI is InChI=1S/C15H18N4O2/c1-19(12-7-3-4-8-13(12)21-2)10-11-6-5-9-17-14(11)15(16)18-20/h3-9,20H,10H2,1-2H3,(H2,16,18). The Morgan fingerprint density at radius 2 is 2.10 bits per heavy atom. The maximum Gasteiger partial charge on any atom is 0.189 e. The molecule has 0 saturated heterocycles. The Morgan fingerprint density at radius 3 is 2.81 bits per heavy atom. The Hall–Kier alpha value is -2.76. The summed E-state index contributed by atoms with van der Waals surface area (Å²) in [6, 6.07) is 11.5. The zero-order chi connectivity index (χ0) is 15.2. The van der Waals surface area contributed by atoms with Crippen molar-refractivity contribution in [2.24, 2.45) is 10.9 Å². The second-order valence-electron chi connectivity index (χ2n) is 4.52. The molecule has 1 aromatic heterocycles. The van der Waals surface area contributed by atoms with E-state index in [1.165, 1.54) is 0 Å².